The minimum absolute atomic E-state index is 0. The fourth-order valence-electron chi connectivity index (χ4n) is 3.15. The van der Waals surface area contributed by atoms with E-state index in [1.165, 1.54) is 17.5 Å². The van der Waals surface area contributed by atoms with Crippen molar-refractivity contribution in [1.82, 2.24) is 9.97 Å². The predicted octanol–water partition coefficient (Wildman–Crippen LogP) is 5.19. The summed E-state index contributed by atoms with van der Waals surface area (Å²) in [5, 5.41) is 0.547. The molecule has 6 nitrogen and oxygen atoms in total. The van der Waals surface area contributed by atoms with E-state index in [1.807, 2.05) is 48.5 Å². The first kappa shape index (κ1) is 23.4. The first-order valence-electron chi connectivity index (χ1n) is 9.60. The monoisotopic (exact) mass is 467 g/mol. The molecule has 0 aliphatic rings. The highest BCUT2D eigenvalue weighted by atomic mass is 35.5. The summed E-state index contributed by atoms with van der Waals surface area (Å²) in [5.74, 6) is 1.31. The topological polar surface area (TPSA) is 87.3 Å². The van der Waals surface area contributed by atoms with Crippen molar-refractivity contribution in [1.29, 1.82) is 0 Å². The van der Waals surface area contributed by atoms with Gasteiger partial charge in [-0.2, -0.15) is 0 Å². The Hall–Kier alpha value is -3.26. The Balaban J connectivity index is 0.00000289. The van der Waals surface area contributed by atoms with Crippen molar-refractivity contribution in [3.05, 3.63) is 83.6 Å². The van der Waals surface area contributed by atoms with Crippen LogP contribution in [0.3, 0.4) is 0 Å². The summed E-state index contributed by atoms with van der Waals surface area (Å²) in [4.78, 5) is 22.6. The summed E-state index contributed by atoms with van der Waals surface area (Å²) >= 11 is 1.41. The average Bonchev–Trinajstić information content (AvgIpc) is 3.29. The van der Waals surface area contributed by atoms with Gasteiger partial charge in [0.05, 0.1) is 24.8 Å². The van der Waals surface area contributed by atoms with Gasteiger partial charge in [0, 0.05) is 23.5 Å². The van der Waals surface area contributed by atoms with Crippen LogP contribution in [0.25, 0.3) is 21.7 Å². The van der Waals surface area contributed by atoms with Gasteiger partial charge < -0.3 is 15.2 Å². The van der Waals surface area contributed by atoms with Crippen molar-refractivity contribution in [2.75, 3.05) is 14.2 Å². The van der Waals surface area contributed by atoms with E-state index >= 15 is 0 Å². The van der Waals surface area contributed by atoms with Gasteiger partial charge >= 0.3 is 0 Å². The zero-order chi connectivity index (χ0) is 21.8. The molecule has 2 aromatic carbocycles. The van der Waals surface area contributed by atoms with Crippen LogP contribution < -0.4 is 15.2 Å². The molecule has 8 heteroatoms. The maximum atomic E-state index is 12.9. The molecule has 4 rings (SSSR count). The van der Waals surface area contributed by atoms with Gasteiger partial charge in [-0.25, -0.2) is 4.98 Å². The van der Waals surface area contributed by atoms with Crippen molar-refractivity contribution in [2.45, 2.75) is 6.04 Å². The molecule has 164 valence electrons. The number of carbonyl (C=O) groups is 1. The zero-order valence-electron chi connectivity index (χ0n) is 17.5. The van der Waals surface area contributed by atoms with E-state index in [2.05, 4.69) is 4.98 Å². The van der Waals surface area contributed by atoms with E-state index in [0.717, 1.165) is 33.2 Å². The van der Waals surface area contributed by atoms with Crippen LogP contribution in [-0.2, 0) is 0 Å². The van der Waals surface area contributed by atoms with E-state index in [9.17, 15) is 4.79 Å². The van der Waals surface area contributed by atoms with Crippen LogP contribution in [0, 0.1) is 0 Å². The number of methoxy groups -OCH3 is 2. The first-order chi connectivity index (χ1) is 15.1. The second kappa shape index (κ2) is 10.4. The van der Waals surface area contributed by atoms with Crippen LogP contribution in [0.15, 0.2) is 73.1 Å². The second-order valence-electron chi connectivity index (χ2n) is 6.77. The maximum Gasteiger partial charge on any atom is 0.188 e. The van der Waals surface area contributed by atoms with E-state index in [4.69, 9.17) is 20.2 Å². The first-order valence-corrected chi connectivity index (χ1v) is 10.4. The number of hydrogen-bond acceptors (Lipinski definition) is 7. The summed E-state index contributed by atoms with van der Waals surface area (Å²) in [7, 11) is 3.26. The number of ketones is 1. The summed E-state index contributed by atoms with van der Waals surface area (Å²) in [6.45, 7) is 0. The van der Waals surface area contributed by atoms with Crippen LogP contribution in [0.5, 0.6) is 11.5 Å². The average molecular weight is 468 g/mol. The van der Waals surface area contributed by atoms with Crippen molar-refractivity contribution in [2.24, 2.45) is 5.73 Å². The number of Topliss-reactive ketones (excluding diaryl/α,β-unsaturated/α-hetero) is 1. The quantitative estimate of drug-likeness (QED) is 0.376. The molecule has 0 bridgehead atoms. The van der Waals surface area contributed by atoms with Gasteiger partial charge in [0.25, 0.3) is 0 Å². The Bertz CT molecular complexity index is 1110. The Labute approximate surface area is 196 Å². The summed E-state index contributed by atoms with van der Waals surface area (Å²) in [6.07, 6.45) is 3.14. The number of ether oxygens (including phenoxy) is 2. The molecule has 0 radical (unpaired) electrons. The molecule has 1 atom stereocenters. The minimum Gasteiger partial charge on any atom is -0.497 e. The lowest BCUT2D eigenvalue weighted by atomic mass is 10.1. The van der Waals surface area contributed by atoms with E-state index in [0.29, 0.717) is 10.6 Å². The predicted molar refractivity (Wildman–Crippen MR) is 129 cm³/mol. The standard InChI is InChI=1S/C24H21N3O3S.ClH/c1-29-18-9-5-15(6-10-18)21-23(16-7-11-19(30-2)12-8-16)31-24(27-21)20(25)22(28)17-4-3-13-26-14-17;/h3-14,20H,25H2,1-2H3;1H. The number of hydrogen-bond donors (Lipinski definition) is 1. The number of aromatic nitrogens is 2. The fraction of sp³-hybridized carbons (Fsp3) is 0.125. The maximum absolute atomic E-state index is 12.9. The summed E-state index contributed by atoms with van der Waals surface area (Å²) < 4.78 is 10.5. The second-order valence-corrected chi connectivity index (χ2v) is 7.80. The van der Waals surface area contributed by atoms with Crippen molar-refractivity contribution >= 4 is 29.5 Å². The Morgan fingerprint density at radius 2 is 1.53 bits per heavy atom. The van der Waals surface area contributed by atoms with Crippen molar-refractivity contribution < 1.29 is 14.3 Å². The molecule has 0 aliphatic carbocycles. The third-order valence-corrected chi connectivity index (χ3v) is 6.04. The number of nitrogens with two attached hydrogens (primary N) is 1. The molecule has 0 amide bonds. The van der Waals surface area contributed by atoms with Crippen LogP contribution in [0.2, 0.25) is 0 Å². The van der Waals surface area contributed by atoms with Crippen molar-refractivity contribution in [3.63, 3.8) is 0 Å². The molecule has 2 heterocycles. The molecule has 4 aromatic rings. The lowest BCUT2D eigenvalue weighted by Gasteiger charge is -2.06. The molecular weight excluding hydrogens is 446 g/mol. The lowest BCUT2D eigenvalue weighted by Crippen LogP contribution is -2.21. The number of rotatable bonds is 7. The Morgan fingerprint density at radius 1 is 0.938 bits per heavy atom. The summed E-state index contributed by atoms with van der Waals surface area (Å²) in [6, 6.07) is 17.9. The number of thiazole rings is 1. The highest BCUT2D eigenvalue weighted by Gasteiger charge is 2.24. The molecule has 2 N–H and O–H groups in total. The molecule has 0 aliphatic heterocycles. The molecule has 1 unspecified atom stereocenters. The van der Waals surface area contributed by atoms with Gasteiger partial charge in [0.15, 0.2) is 5.78 Å². The Morgan fingerprint density at radius 3 is 2.06 bits per heavy atom. The lowest BCUT2D eigenvalue weighted by molar-refractivity contribution is 0.0961. The molecule has 0 saturated carbocycles. The van der Waals surface area contributed by atoms with E-state index in [-0.39, 0.29) is 18.2 Å². The van der Waals surface area contributed by atoms with Crippen LogP contribution in [0.1, 0.15) is 21.4 Å². The van der Waals surface area contributed by atoms with Gasteiger partial charge in [0.2, 0.25) is 0 Å². The smallest absolute Gasteiger partial charge is 0.188 e. The number of halogens is 1. The Kier molecular flexibility index (Phi) is 7.58. The van der Waals surface area contributed by atoms with Gasteiger partial charge in [-0.15, -0.1) is 23.7 Å². The molecule has 0 spiro atoms. The van der Waals surface area contributed by atoms with Gasteiger partial charge in [-0.1, -0.05) is 0 Å². The van der Waals surface area contributed by atoms with Gasteiger partial charge in [0.1, 0.15) is 22.5 Å². The molecular formula is C24H22ClN3O3S. The van der Waals surface area contributed by atoms with Gasteiger partial charge in [-0.05, 0) is 66.2 Å². The third kappa shape index (κ3) is 4.80. The molecule has 32 heavy (non-hydrogen) atoms. The van der Waals surface area contributed by atoms with Crippen molar-refractivity contribution in [3.8, 4) is 33.2 Å². The normalized spacial score (nSPS) is 11.3. The fourth-order valence-corrected chi connectivity index (χ4v) is 4.25. The number of pyridine rings is 1. The molecule has 2 aromatic heterocycles. The number of benzene rings is 2. The van der Waals surface area contributed by atoms with E-state index < -0.39 is 6.04 Å². The zero-order valence-corrected chi connectivity index (χ0v) is 19.2. The minimum atomic E-state index is -0.877. The van der Waals surface area contributed by atoms with Gasteiger partial charge in [-0.3, -0.25) is 9.78 Å². The third-order valence-electron chi connectivity index (χ3n) is 4.85. The molecule has 0 saturated heterocycles. The number of carbonyl (C=O) groups excluding carboxylic acids is 1. The van der Waals surface area contributed by atoms with Crippen LogP contribution in [0.4, 0.5) is 0 Å². The molecule has 0 fully saturated rings. The van der Waals surface area contributed by atoms with Crippen LogP contribution in [-0.4, -0.2) is 30.0 Å². The highest BCUT2D eigenvalue weighted by molar-refractivity contribution is 7.16. The van der Waals surface area contributed by atoms with Crippen LogP contribution >= 0.6 is 23.7 Å². The number of nitrogens with zero attached hydrogens (tertiary/aromatic N) is 2. The van der Waals surface area contributed by atoms with E-state index in [1.54, 1.807) is 32.5 Å². The largest absolute Gasteiger partial charge is 0.497 e. The SMILES string of the molecule is COc1ccc(-c2nc(C(N)C(=O)c3cccnc3)sc2-c2ccc(OC)cc2)cc1.Cl. The summed E-state index contributed by atoms with van der Waals surface area (Å²) in [5.41, 5.74) is 9.44. The highest BCUT2D eigenvalue weighted by Crippen LogP contribution is 2.39.